The molecule has 0 radical (unpaired) electrons. The lowest BCUT2D eigenvalue weighted by molar-refractivity contribution is 0.0717. The number of ether oxygens (including phenoxy) is 1. The second kappa shape index (κ2) is 4.63. The number of fused-ring (bicyclic) bond motifs is 1. The Kier molecular flexibility index (Phi) is 2.81. The maximum absolute atomic E-state index is 13.3. The van der Waals surface area contributed by atoms with Gasteiger partial charge in [0.1, 0.15) is 17.6 Å². The van der Waals surface area contributed by atoms with Crippen LogP contribution >= 0.6 is 0 Å². The van der Waals surface area contributed by atoms with Crippen molar-refractivity contribution in [3.8, 4) is 6.07 Å². The smallest absolute Gasteiger partial charge is 0.344 e. The van der Waals surface area contributed by atoms with Gasteiger partial charge >= 0.3 is 5.97 Å². The minimum Gasteiger partial charge on any atom is -0.422 e. The fourth-order valence-electron chi connectivity index (χ4n) is 2.06. The molecule has 0 atom stereocenters. The van der Waals surface area contributed by atoms with Gasteiger partial charge in [0.2, 0.25) is 0 Å². The van der Waals surface area contributed by atoms with E-state index >= 15 is 0 Å². The Morgan fingerprint density at radius 2 is 1.90 bits per heavy atom. The van der Waals surface area contributed by atoms with Gasteiger partial charge in [0.15, 0.2) is 0 Å². The van der Waals surface area contributed by atoms with Crippen LogP contribution in [0.15, 0.2) is 42.5 Å². The molecule has 96 valence electrons. The quantitative estimate of drug-likeness (QED) is 0.743. The summed E-state index contributed by atoms with van der Waals surface area (Å²) in [5.41, 5.74) is 1.75. The molecule has 20 heavy (non-hydrogen) atoms. The summed E-state index contributed by atoms with van der Waals surface area (Å²) in [4.78, 5) is 11.7. The molecule has 1 aliphatic heterocycles. The molecule has 0 saturated carbocycles. The molecule has 2 aromatic carbocycles. The van der Waals surface area contributed by atoms with E-state index < -0.39 is 11.8 Å². The van der Waals surface area contributed by atoms with Crippen LogP contribution in [0.2, 0.25) is 0 Å². The number of nitriles is 1. The molecule has 0 saturated heterocycles. The standard InChI is InChI=1S/C16H8FNO2/c17-14-6-5-10(7-11(14)9-18)8-15-12-3-1-2-4-13(12)16(19)20-15/h1-8H. The highest BCUT2D eigenvalue weighted by molar-refractivity contribution is 6.05. The van der Waals surface area contributed by atoms with Gasteiger partial charge in [-0.1, -0.05) is 24.3 Å². The van der Waals surface area contributed by atoms with E-state index in [9.17, 15) is 9.18 Å². The number of carbonyl (C=O) groups excluding carboxylic acids is 1. The number of cyclic esters (lactones) is 1. The first-order valence-corrected chi connectivity index (χ1v) is 5.92. The van der Waals surface area contributed by atoms with Crippen molar-refractivity contribution in [2.24, 2.45) is 0 Å². The molecule has 3 rings (SSSR count). The van der Waals surface area contributed by atoms with Crippen LogP contribution in [-0.4, -0.2) is 5.97 Å². The molecule has 0 bridgehead atoms. The predicted octanol–water partition coefficient (Wildman–Crippen LogP) is 3.37. The van der Waals surface area contributed by atoms with Crippen LogP contribution in [0.5, 0.6) is 0 Å². The first-order valence-electron chi connectivity index (χ1n) is 5.92. The van der Waals surface area contributed by atoms with E-state index in [0.29, 0.717) is 22.4 Å². The van der Waals surface area contributed by atoms with Gasteiger partial charge in [-0.25, -0.2) is 9.18 Å². The molecule has 0 spiro atoms. The predicted molar refractivity (Wildman–Crippen MR) is 70.8 cm³/mol. The highest BCUT2D eigenvalue weighted by Crippen LogP contribution is 2.31. The molecule has 1 aliphatic rings. The van der Waals surface area contributed by atoms with Gasteiger partial charge in [0.05, 0.1) is 11.1 Å². The summed E-state index contributed by atoms with van der Waals surface area (Å²) in [6.45, 7) is 0. The van der Waals surface area contributed by atoms with Gasteiger partial charge in [0, 0.05) is 5.56 Å². The Bertz CT molecular complexity index is 787. The molecular weight excluding hydrogens is 257 g/mol. The zero-order valence-electron chi connectivity index (χ0n) is 10.3. The van der Waals surface area contributed by atoms with Crippen LogP contribution in [0.25, 0.3) is 11.8 Å². The van der Waals surface area contributed by atoms with Crippen molar-refractivity contribution in [2.45, 2.75) is 0 Å². The first kappa shape index (κ1) is 12.1. The molecule has 0 N–H and O–H groups in total. The van der Waals surface area contributed by atoms with Crippen LogP contribution in [0.3, 0.4) is 0 Å². The van der Waals surface area contributed by atoms with Crippen LogP contribution in [0.4, 0.5) is 4.39 Å². The number of nitrogens with zero attached hydrogens (tertiary/aromatic N) is 1. The van der Waals surface area contributed by atoms with Gasteiger partial charge < -0.3 is 4.74 Å². The lowest BCUT2D eigenvalue weighted by Gasteiger charge is -2.00. The van der Waals surface area contributed by atoms with Crippen LogP contribution in [-0.2, 0) is 4.74 Å². The summed E-state index contributed by atoms with van der Waals surface area (Å²) in [5.74, 6) is -0.575. The molecule has 3 nitrogen and oxygen atoms in total. The largest absolute Gasteiger partial charge is 0.422 e. The Balaban J connectivity index is 2.07. The van der Waals surface area contributed by atoms with Gasteiger partial charge in [-0.15, -0.1) is 0 Å². The highest BCUT2D eigenvalue weighted by atomic mass is 19.1. The topological polar surface area (TPSA) is 50.1 Å². The van der Waals surface area contributed by atoms with E-state index in [0.717, 1.165) is 0 Å². The minimum atomic E-state index is -0.571. The molecular formula is C16H8FNO2. The third-order valence-electron chi connectivity index (χ3n) is 3.02. The van der Waals surface area contributed by atoms with Gasteiger partial charge in [0.25, 0.3) is 0 Å². The number of esters is 1. The van der Waals surface area contributed by atoms with Crippen LogP contribution in [0.1, 0.15) is 27.0 Å². The van der Waals surface area contributed by atoms with Gasteiger partial charge in [-0.2, -0.15) is 5.26 Å². The van der Waals surface area contributed by atoms with E-state index in [2.05, 4.69) is 0 Å². The highest BCUT2D eigenvalue weighted by Gasteiger charge is 2.25. The fourth-order valence-corrected chi connectivity index (χ4v) is 2.06. The Hall–Kier alpha value is -2.93. The Morgan fingerprint density at radius 3 is 2.65 bits per heavy atom. The molecule has 0 fully saturated rings. The second-order valence-electron chi connectivity index (χ2n) is 4.29. The third kappa shape index (κ3) is 1.95. The Labute approximate surface area is 114 Å². The number of rotatable bonds is 1. The van der Waals surface area contributed by atoms with E-state index in [1.807, 2.05) is 0 Å². The van der Waals surface area contributed by atoms with Crippen molar-refractivity contribution in [1.82, 2.24) is 0 Å². The normalized spacial score (nSPS) is 14.8. The third-order valence-corrected chi connectivity index (χ3v) is 3.02. The number of hydrogen-bond acceptors (Lipinski definition) is 3. The first-order chi connectivity index (χ1) is 9.69. The molecule has 1 heterocycles. The van der Waals surface area contributed by atoms with E-state index in [1.54, 1.807) is 36.4 Å². The maximum Gasteiger partial charge on any atom is 0.344 e. The number of benzene rings is 2. The number of hydrogen-bond donors (Lipinski definition) is 0. The maximum atomic E-state index is 13.3. The molecule has 0 unspecified atom stereocenters. The summed E-state index contributed by atoms with van der Waals surface area (Å²) in [6.07, 6.45) is 1.62. The summed E-state index contributed by atoms with van der Waals surface area (Å²) in [5, 5.41) is 8.81. The monoisotopic (exact) mass is 265 g/mol. The van der Waals surface area contributed by atoms with Crippen molar-refractivity contribution < 1.29 is 13.9 Å². The van der Waals surface area contributed by atoms with Crippen molar-refractivity contribution in [3.63, 3.8) is 0 Å². The SMILES string of the molecule is N#Cc1cc(C=C2OC(=O)c3ccccc32)ccc1F. The minimum absolute atomic E-state index is 0.0445. The van der Waals surface area contributed by atoms with Crippen molar-refractivity contribution in [2.75, 3.05) is 0 Å². The van der Waals surface area contributed by atoms with E-state index in [-0.39, 0.29) is 5.56 Å². The lowest BCUT2D eigenvalue weighted by atomic mass is 10.1. The van der Waals surface area contributed by atoms with E-state index in [4.69, 9.17) is 10.00 Å². The second-order valence-corrected chi connectivity index (χ2v) is 4.29. The average molecular weight is 265 g/mol. The van der Waals surface area contributed by atoms with Crippen LogP contribution < -0.4 is 0 Å². The summed E-state index contributed by atoms with van der Waals surface area (Å²) >= 11 is 0. The van der Waals surface area contributed by atoms with Crippen LogP contribution in [0, 0.1) is 17.1 Å². The number of halogens is 1. The summed E-state index contributed by atoms with van der Waals surface area (Å²) in [6, 6.07) is 13.0. The molecule has 0 aromatic heterocycles. The lowest BCUT2D eigenvalue weighted by Crippen LogP contribution is -1.92. The Morgan fingerprint density at radius 1 is 1.15 bits per heavy atom. The molecule has 0 aliphatic carbocycles. The summed E-state index contributed by atoms with van der Waals surface area (Å²) < 4.78 is 18.4. The van der Waals surface area contributed by atoms with Crippen molar-refractivity contribution >= 4 is 17.8 Å². The van der Waals surface area contributed by atoms with Gasteiger partial charge in [-0.05, 0) is 29.8 Å². The fraction of sp³-hybridized carbons (Fsp3) is 0. The molecule has 0 amide bonds. The molecule has 2 aromatic rings. The van der Waals surface area contributed by atoms with Crippen molar-refractivity contribution in [3.05, 3.63) is 70.5 Å². The van der Waals surface area contributed by atoms with Gasteiger partial charge in [-0.3, -0.25) is 0 Å². The zero-order valence-corrected chi connectivity index (χ0v) is 10.3. The number of carbonyl (C=O) groups is 1. The zero-order chi connectivity index (χ0) is 14.1. The summed E-state index contributed by atoms with van der Waals surface area (Å²) in [7, 11) is 0. The van der Waals surface area contributed by atoms with Crippen molar-refractivity contribution in [1.29, 1.82) is 5.26 Å². The average Bonchev–Trinajstić information content (AvgIpc) is 2.78. The molecule has 4 heteroatoms. The van der Waals surface area contributed by atoms with E-state index in [1.165, 1.54) is 18.2 Å².